The molecule has 2 nitrogen and oxygen atoms in total. The van der Waals surface area contributed by atoms with Crippen LogP contribution >= 0.6 is 39.1 Å². The smallest absolute Gasteiger partial charge is 0.124 e. The minimum absolute atomic E-state index is 0.197. The predicted molar refractivity (Wildman–Crippen MR) is 87.8 cm³/mol. The molecule has 1 atom stereocenters. The Morgan fingerprint density at radius 1 is 1.20 bits per heavy atom. The third kappa shape index (κ3) is 3.67. The highest BCUT2D eigenvalue weighted by atomic mass is 79.9. The van der Waals surface area contributed by atoms with Gasteiger partial charge in [-0.25, -0.2) is 0 Å². The zero-order chi connectivity index (χ0) is 14.7. The maximum Gasteiger partial charge on any atom is 0.124 e. The van der Waals surface area contributed by atoms with Crippen LogP contribution in [0.1, 0.15) is 17.2 Å². The molecule has 0 aromatic heterocycles. The van der Waals surface area contributed by atoms with E-state index in [0.29, 0.717) is 16.5 Å². The number of hydrogen-bond acceptors (Lipinski definition) is 2. The Morgan fingerprint density at radius 3 is 2.60 bits per heavy atom. The summed E-state index contributed by atoms with van der Waals surface area (Å²) < 4.78 is 6.32. The number of rotatable bonds is 4. The van der Waals surface area contributed by atoms with Crippen molar-refractivity contribution in [3.63, 3.8) is 0 Å². The van der Waals surface area contributed by atoms with Crippen molar-refractivity contribution in [2.45, 2.75) is 12.5 Å². The van der Waals surface area contributed by atoms with Crippen LogP contribution in [-0.2, 0) is 6.42 Å². The minimum atomic E-state index is -0.197. The van der Waals surface area contributed by atoms with Gasteiger partial charge in [-0.3, -0.25) is 0 Å². The zero-order valence-electron chi connectivity index (χ0n) is 10.9. The molecule has 0 bridgehead atoms. The molecule has 0 spiro atoms. The zero-order valence-corrected chi connectivity index (χ0v) is 14.0. The van der Waals surface area contributed by atoms with Crippen molar-refractivity contribution in [2.75, 3.05) is 7.11 Å². The highest BCUT2D eigenvalue weighted by Crippen LogP contribution is 2.31. The Bertz CT molecular complexity index is 619. The molecule has 0 aliphatic carbocycles. The van der Waals surface area contributed by atoms with Gasteiger partial charge >= 0.3 is 0 Å². The van der Waals surface area contributed by atoms with Crippen molar-refractivity contribution in [1.29, 1.82) is 0 Å². The first-order chi connectivity index (χ1) is 9.51. The second-order valence-corrected chi connectivity index (χ2v) is 6.19. The van der Waals surface area contributed by atoms with E-state index in [4.69, 9.17) is 33.7 Å². The van der Waals surface area contributed by atoms with Crippen LogP contribution in [0.4, 0.5) is 0 Å². The molecule has 20 heavy (non-hydrogen) atoms. The molecule has 0 radical (unpaired) electrons. The highest BCUT2D eigenvalue weighted by Gasteiger charge is 2.14. The van der Waals surface area contributed by atoms with E-state index in [1.165, 1.54) is 0 Å². The first kappa shape index (κ1) is 15.6. The lowest BCUT2D eigenvalue weighted by molar-refractivity contribution is 0.405. The number of methoxy groups -OCH3 is 1. The van der Waals surface area contributed by atoms with Gasteiger partial charge in [-0.2, -0.15) is 0 Å². The molecule has 0 amide bonds. The number of halogens is 3. The third-order valence-corrected chi connectivity index (χ3v) is 4.13. The molecular weight excluding hydrogens is 361 g/mol. The summed E-state index contributed by atoms with van der Waals surface area (Å²) in [6.45, 7) is 0. The molecule has 0 fully saturated rings. The second-order valence-electron chi connectivity index (χ2n) is 4.43. The lowest BCUT2D eigenvalue weighted by atomic mass is 9.99. The number of benzene rings is 2. The first-order valence-electron chi connectivity index (χ1n) is 6.04. The molecule has 2 aromatic carbocycles. The summed E-state index contributed by atoms with van der Waals surface area (Å²) in [7, 11) is 1.63. The molecule has 2 aromatic rings. The van der Waals surface area contributed by atoms with Crippen LogP contribution in [0.3, 0.4) is 0 Å². The van der Waals surface area contributed by atoms with Crippen molar-refractivity contribution in [2.24, 2.45) is 5.73 Å². The van der Waals surface area contributed by atoms with Crippen LogP contribution in [0.5, 0.6) is 5.75 Å². The van der Waals surface area contributed by atoms with Gasteiger partial charge in [-0.15, -0.1) is 0 Å². The fourth-order valence-electron chi connectivity index (χ4n) is 2.03. The van der Waals surface area contributed by atoms with E-state index >= 15 is 0 Å². The molecule has 0 aliphatic rings. The number of nitrogens with two attached hydrogens (primary N) is 1. The molecule has 106 valence electrons. The Balaban J connectivity index is 2.25. The molecule has 2 rings (SSSR count). The highest BCUT2D eigenvalue weighted by molar-refractivity contribution is 9.10. The molecule has 5 heteroatoms. The first-order valence-corrected chi connectivity index (χ1v) is 7.59. The van der Waals surface area contributed by atoms with Gasteiger partial charge in [0.1, 0.15) is 5.75 Å². The maximum absolute atomic E-state index is 6.27. The fraction of sp³-hybridized carbons (Fsp3) is 0.200. The van der Waals surface area contributed by atoms with Gasteiger partial charge in [0, 0.05) is 26.1 Å². The van der Waals surface area contributed by atoms with Gasteiger partial charge in [0.15, 0.2) is 0 Å². The van der Waals surface area contributed by atoms with Gasteiger partial charge in [0.2, 0.25) is 0 Å². The van der Waals surface area contributed by atoms with Crippen LogP contribution in [0, 0.1) is 0 Å². The SMILES string of the molecule is COc1cc(Br)ccc1C(N)Cc1ccc(Cl)cc1Cl. The van der Waals surface area contributed by atoms with Gasteiger partial charge in [-0.1, -0.05) is 51.3 Å². The number of ether oxygens (including phenoxy) is 1. The van der Waals surface area contributed by atoms with Crippen molar-refractivity contribution >= 4 is 39.1 Å². The van der Waals surface area contributed by atoms with Crippen molar-refractivity contribution in [3.8, 4) is 5.75 Å². The summed E-state index contributed by atoms with van der Waals surface area (Å²) in [6.07, 6.45) is 0.619. The fourth-order valence-corrected chi connectivity index (χ4v) is 2.85. The molecule has 0 saturated heterocycles. The standard InChI is InChI=1S/C15H14BrCl2NO/c1-20-15-7-10(16)3-5-12(15)14(19)6-9-2-4-11(17)8-13(9)18/h2-5,7-8,14H,6,19H2,1H3. The summed E-state index contributed by atoms with van der Waals surface area (Å²) in [4.78, 5) is 0. The van der Waals surface area contributed by atoms with Gasteiger partial charge in [0.05, 0.1) is 7.11 Å². The summed E-state index contributed by atoms with van der Waals surface area (Å²) >= 11 is 15.5. The van der Waals surface area contributed by atoms with Crippen LogP contribution < -0.4 is 10.5 Å². The van der Waals surface area contributed by atoms with Crippen LogP contribution in [0.25, 0.3) is 0 Å². The Hall–Kier alpha value is -0.740. The predicted octanol–water partition coefficient (Wildman–Crippen LogP) is 5.01. The molecule has 0 heterocycles. The Kier molecular flexibility index (Phi) is 5.33. The molecule has 1 unspecified atom stereocenters. The van der Waals surface area contributed by atoms with E-state index in [1.807, 2.05) is 30.3 Å². The Labute approximate surface area is 137 Å². The number of hydrogen-bond donors (Lipinski definition) is 1. The van der Waals surface area contributed by atoms with Crippen LogP contribution in [-0.4, -0.2) is 7.11 Å². The largest absolute Gasteiger partial charge is 0.496 e. The van der Waals surface area contributed by atoms with Crippen molar-refractivity contribution in [1.82, 2.24) is 0 Å². The molecule has 2 N–H and O–H groups in total. The van der Waals surface area contributed by atoms with E-state index in [9.17, 15) is 0 Å². The second kappa shape index (κ2) is 6.81. The van der Waals surface area contributed by atoms with Gasteiger partial charge in [0.25, 0.3) is 0 Å². The van der Waals surface area contributed by atoms with Crippen LogP contribution in [0.2, 0.25) is 10.0 Å². The van der Waals surface area contributed by atoms with E-state index in [2.05, 4.69) is 15.9 Å². The van der Waals surface area contributed by atoms with E-state index in [1.54, 1.807) is 13.2 Å². The topological polar surface area (TPSA) is 35.2 Å². The van der Waals surface area contributed by atoms with Gasteiger partial charge < -0.3 is 10.5 Å². The summed E-state index contributed by atoms with van der Waals surface area (Å²) in [5.41, 5.74) is 8.19. The van der Waals surface area contributed by atoms with E-state index < -0.39 is 0 Å². The lowest BCUT2D eigenvalue weighted by Crippen LogP contribution is -2.14. The quantitative estimate of drug-likeness (QED) is 0.816. The summed E-state index contributed by atoms with van der Waals surface area (Å²) in [6, 6.07) is 11.0. The molecular formula is C15H14BrCl2NO. The summed E-state index contributed by atoms with van der Waals surface area (Å²) in [5, 5.41) is 1.25. The normalized spacial score (nSPS) is 12.2. The Morgan fingerprint density at radius 2 is 1.95 bits per heavy atom. The van der Waals surface area contributed by atoms with E-state index in [0.717, 1.165) is 21.3 Å². The summed E-state index contributed by atoms with van der Waals surface area (Å²) in [5.74, 6) is 0.761. The average Bonchev–Trinajstić information content (AvgIpc) is 2.41. The monoisotopic (exact) mass is 373 g/mol. The van der Waals surface area contributed by atoms with Crippen molar-refractivity contribution in [3.05, 3.63) is 62.0 Å². The van der Waals surface area contributed by atoms with Gasteiger partial charge in [-0.05, 0) is 36.2 Å². The lowest BCUT2D eigenvalue weighted by Gasteiger charge is -2.17. The van der Waals surface area contributed by atoms with Crippen LogP contribution in [0.15, 0.2) is 40.9 Å². The van der Waals surface area contributed by atoms with E-state index in [-0.39, 0.29) is 6.04 Å². The average molecular weight is 375 g/mol. The minimum Gasteiger partial charge on any atom is -0.496 e. The molecule has 0 aliphatic heterocycles. The maximum atomic E-state index is 6.27. The van der Waals surface area contributed by atoms with Crippen molar-refractivity contribution < 1.29 is 4.74 Å². The third-order valence-electron chi connectivity index (χ3n) is 3.05. The molecule has 0 saturated carbocycles.